The number of hydrogen-bond acceptors (Lipinski definition) is 4. The highest BCUT2D eigenvalue weighted by Crippen LogP contribution is 2.22. The Morgan fingerprint density at radius 2 is 1.75 bits per heavy atom. The average Bonchev–Trinajstić information content (AvgIpc) is 2.30. The molecule has 0 bridgehead atoms. The van der Waals surface area contributed by atoms with E-state index in [2.05, 4.69) is 4.98 Å². The monoisotopic (exact) mass is 215 g/mol. The summed E-state index contributed by atoms with van der Waals surface area (Å²) in [7, 11) is -1.83. The Bertz CT molecular complexity index is 462. The predicted molar refractivity (Wildman–Crippen MR) is 60.5 cm³/mol. The molecule has 0 fully saturated rings. The summed E-state index contributed by atoms with van der Waals surface area (Å²) in [6.45, 7) is 0. The molecule has 2 N–H and O–H groups in total. The topological polar surface area (TPSA) is 62.6 Å². The molecule has 0 radical (unpaired) electrons. The van der Waals surface area contributed by atoms with Gasteiger partial charge in [-0.1, -0.05) is 30.3 Å². The third kappa shape index (κ3) is 2.59. The second kappa shape index (κ2) is 4.78. The van der Waals surface area contributed by atoms with Crippen LogP contribution in [0.4, 0.5) is 0 Å². The van der Waals surface area contributed by atoms with Gasteiger partial charge in [0.2, 0.25) is 0 Å². The maximum absolute atomic E-state index is 8.67. The molecule has 0 aliphatic carbocycles. The standard InChI is InChI=1S/C11H10BNO3/c14-12(15)16-11-6-10(7-13-8-11)9-4-2-1-3-5-9/h1-8,14-15H. The van der Waals surface area contributed by atoms with E-state index in [1.165, 1.54) is 6.20 Å². The predicted octanol–water partition coefficient (Wildman–Crippen LogP) is 1.10. The zero-order valence-electron chi connectivity index (χ0n) is 8.45. The summed E-state index contributed by atoms with van der Waals surface area (Å²) < 4.78 is 4.72. The SMILES string of the molecule is OB(O)Oc1cncc(-c2ccccc2)c1. The first-order valence-electron chi connectivity index (χ1n) is 4.79. The lowest BCUT2D eigenvalue weighted by molar-refractivity contribution is 0.288. The molecule has 1 heterocycles. The Kier molecular flexibility index (Phi) is 3.19. The fraction of sp³-hybridized carbons (Fsp3) is 0. The molecule has 0 atom stereocenters. The molecule has 0 aliphatic rings. The van der Waals surface area contributed by atoms with Crippen molar-refractivity contribution in [2.75, 3.05) is 0 Å². The van der Waals surface area contributed by atoms with Gasteiger partial charge in [0.25, 0.3) is 0 Å². The molecule has 4 nitrogen and oxygen atoms in total. The minimum absolute atomic E-state index is 0.316. The number of pyridine rings is 1. The molecule has 0 unspecified atom stereocenters. The quantitative estimate of drug-likeness (QED) is 0.752. The van der Waals surface area contributed by atoms with E-state index < -0.39 is 7.32 Å². The third-order valence-electron chi connectivity index (χ3n) is 2.06. The summed E-state index contributed by atoms with van der Waals surface area (Å²) in [5.74, 6) is 0.316. The molecule has 2 aromatic rings. The summed E-state index contributed by atoms with van der Waals surface area (Å²) in [6, 6.07) is 11.3. The van der Waals surface area contributed by atoms with Crippen molar-refractivity contribution in [1.82, 2.24) is 4.98 Å². The number of aromatic nitrogens is 1. The van der Waals surface area contributed by atoms with Crippen molar-refractivity contribution < 1.29 is 14.7 Å². The largest absolute Gasteiger partial charge is 0.707 e. The van der Waals surface area contributed by atoms with Gasteiger partial charge in [-0.3, -0.25) is 4.98 Å². The lowest BCUT2D eigenvalue weighted by Crippen LogP contribution is -2.20. The van der Waals surface area contributed by atoms with Crippen LogP contribution in [0.15, 0.2) is 48.8 Å². The van der Waals surface area contributed by atoms with Gasteiger partial charge in [0.1, 0.15) is 5.75 Å². The lowest BCUT2D eigenvalue weighted by atomic mass is 10.1. The molecule has 0 spiro atoms. The smallest absolute Gasteiger partial charge is 0.511 e. The molecule has 1 aromatic heterocycles. The van der Waals surface area contributed by atoms with E-state index in [-0.39, 0.29) is 0 Å². The van der Waals surface area contributed by atoms with E-state index in [0.29, 0.717) is 5.75 Å². The molecule has 0 saturated carbocycles. The first-order chi connectivity index (χ1) is 7.75. The van der Waals surface area contributed by atoms with Crippen LogP contribution in [0.1, 0.15) is 0 Å². The van der Waals surface area contributed by atoms with Crippen molar-refractivity contribution in [2.45, 2.75) is 0 Å². The normalized spacial score (nSPS) is 9.88. The van der Waals surface area contributed by atoms with Crippen molar-refractivity contribution in [3.05, 3.63) is 48.8 Å². The number of benzene rings is 1. The Morgan fingerprint density at radius 1 is 1.00 bits per heavy atom. The van der Waals surface area contributed by atoms with Gasteiger partial charge >= 0.3 is 7.32 Å². The van der Waals surface area contributed by atoms with Crippen LogP contribution in [-0.2, 0) is 0 Å². The maximum Gasteiger partial charge on any atom is 0.707 e. The average molecular weight is 215 g/mol. The molecule has 0 aliphatic heterocycles. The number of nitrogens with zero attached hydrogens (tertiary/aromatic N) is 1. The summed E-state index contributed by atoms with van der Waals surface area (Å²) >= 11 is 0. The van der Waals surface area contributed by atoms with E-state index in [4.69, 9.17) is 14.7 Å². The Morgan fingerprint density at radius 3 is 2.44 bits per heavy atom. The van der Waals surface area contributed by atoms with Crippen LogP contribution < -0.4 is 4.65 Å². The van der Waals surface area contributed by atoms with Crippen molar-refractivity contribution in [3.8, 4) is 16.9 Å². The van der Waals surface area contributed by atoms with Gasteiger partial charge in [-0.25, -0.2) is 0 Å². The van der Waals surface area contributed by atoms with Gasteiger partial charge in [-0.15, -0.1) is 0 Å². The first-order valence-corrected chi connectivity index (χ1v) is 4.79. The van der Waals surface area contributed by atoms with Gasteiger partial charge in [-0.2, -0.15) is 0 Å². The Labute approximate surface area is 93.3 Å². The molecule has 0 saturated heterocycles. The summed E-state index contributed by atoms with van der Waals surface area (Å²) in [6.07, 6.45) is 3.11. The third-order valence-corrected chi connectivity index (χ3v) is 2.06. The van der Waals surface area contributed by atoms with Crippen LogP contribution in [-0.4, -0.2) is 22.4 Å². The fourth-order valence-electron chi connectivity index (χ4n) is 1.39. The minimum Gasteiger partial charge on any atom is -0.511 e. The van der Waals surface area contributed by atoms with Crippen molar-refractivity contribution in [3.63, 3.8) is 0 Å². The van der Waals surface area contributed by atoms with Gasteiger partial charge in [-0.05, 0) is 11.6 Å². The van der Waals surface area contributed by atoms with Crippen LogP contribution in [0, 0.1) is 0 Å². The minimum atomic E-state index is -1.83. The second-order valence-corrected chi connectivity index (χ2v) is 3.22. The Hall–Kier alpha value is -1.85. The second-order valence-electron chi connectivity index (χ2n) is 3.22. The van der Waals surface area contributed by atoms with E-state index in [9.17, 15) is 0 Å². The van der Waals surface area contributed by atoms with Crippen LogP contribution in [0.3, 0.4) is 0 Å². The molecule has 5 heteroatoms. The fourth-order valence-corrected chi connectivity index (χ4v) is 1.39. The van der Waals surface area contributed by atoms with Crippen molar-refractivity contribution in [2.24, 2.45) is 0 Å². The highest BCUT2D eigenvalue weighted by molar-refractivity contribution is 6.33. The van der Waals surface area contributed by atoms with Crippen LogP contribution in [0.2, 0.25) is 0 Å². The summed E-state index contributed by atoms with van der Waals surface area (Å²) in [5, 5.41) is 17.3. The maximum atomic E-state index is 8.67. The summed E-state index contributed by atoms with van der Waals surface area (Å²) in [5.41, 5.74) is 1.85. The van der Waals surface area contributed by atoms with Crippen LogP contribution in [0.25, 0.3) is 11.1 Å². The lowest BCUT2D eigenvalue weighted by Gasteiger charge is -2.06. The van der Waals surface area contributed by atoms with Gasteiger partial charge in [0, 0.05) is 11.8 Å². The first kappa shape index (κ1) is 10.7. The highest BCUT2D eigenvalue weighted by atomic mass is 16.6. The molecule has 16 heavy (non-hydrogen) atoms. The molecule has 0 amide bonds. The van der Waals surface area contributed by atoms with E-state index >= 15 is 0 Å². The zero-order chi connectivity index (χ0) is 11.4. The van der Waals surface area contributed by atoms with Crippen molar-refractivity contribution >= 4 is 7.32 Å². The highest BCUT2D eigenvalue weighted by Gasteiger charge is 2.11. The molecular weight excluding hydrogens is 205 g/mol. The van der Waals surface area contributed by atoms with Gasteiger partial charge in [0.05, 0.1) is 6.20 Å². The molecular formula is C11H10BNO3. The van der Waals surface area contributed by atoms with Crippen LogP contribution >= 0.6 is 0 Å². The number of hydrogen-bond donors (Lipinski definition) is 2. The molecule has 2 rings (SSSR count). The summed E-state index contributed by atoms with van der Waals surface area (Å²) in [4.78, 5) is 3.97. The molecule has 80 valence electrons. The van der Waals surface area contributed by atoms with E-state index in [0.717, 1.165) is 11.1 Å². The van der Waals surface area contributed by atoms with E-state index in [1.807, 2.05) is 30.3 Å². The van der Waals surface area contributed by atoms with Gasteiger partial charge < -0.3 is 14.7 Å². The van der Waals surface area contributed by atoms with Gasteiger partial charge in [0.15, 0.2) is 0 Å². The number of rotatable bonds is 3. The van der Waals surface area contributed by atoms with Crippen molar-refractivity contribution in [1.29, 1.82) is 0 Å². The zero-order valence-corrected chi connectivity index (χ0v) is 8.45. The van der Waals surface area contributed by atoms with Crippen LogP contribution in [0.5, 0.6) is 5.75 Å². The molecule has 1 aromatic carbocycles. The Balaban J connectivity index is 2.29. The van der Waals surface area contributed by atoms with E-state index in [1.54, 1.807) is 12.3 Å².